The Bertz CT molecular complexity index is 328. The number of carbonyl (C=O) groups is 1. The van der Waals surface area contributed by atoms with E-state index < -0.39 is 0 Å². The van der Waals surface area contributed by atoms with E-state index in [1.165, 1.54) is 32.1 Å². The van der Waals surface area contributed by atoms with Gasteiger partial charge >= 0.3 is 0 Å². The molecule has 0 saturated heterocycles. The van der Waals surface area contributed by atoms with E-state index in [4.69, 9.17) is 0 Å². The zero-order valence-corrected chi connectivity index (χ0v) is 13.7. The van der Waals surface area contributed by atoms with Crippen LogP contribution in [-0.4, -0.2) is 24.0 Å². The van der Waals surface area contributed by atoms with Crippen molar-refractivity contribution in [1.29, 1.82) is 0 Å². The Morgan fingerprint density at radius 3 is 2.15 bits per heavy atom. The van der Waals surface area contributed by atoms with Crippen molar-refractivity contribution in [2.24, 2.45) is 11.3 Å². The molecule has 1 amide bonds. The van der Waals surface area contributed by atoms with Gasteiger partial charge < -0.3 is 10.6 Å². The van der Waals surface area contributed by atoms with E-state index in [2.05, 4.69) is 31.4 Å². The smallest absolute Gasteiger partial charge is 0.237 e. The van der Waals surface area contributed by atoms with Crippen molar-refractivity contribution in [1.82, 2.24) is 10.6 Å². The monoisotopic (exact) mass is 280 g/mol. The number of carbonyl (C=O) groups excluding carboxylic acids is 1. The van der Waals surface area contributed by atoms with Crippen molar-refractivity contribution in [2.45, 2.75) is 90.8 Å². The minimum absolute atomic E-state index is 0.0451. The largest absolute Gasteiger partial charge is 0.352 e. The zero-order valence-electron chi connectivity index (χ0n) is 13.7. The SMILES string of the molecule is CCC(C)(C)C1CCC(NC(C)C(=O)NC2CC2)CC1. The molecule has 2 aliphatic rings. The van der Waals surface area contributed by atoms with Crippen molar-refractivity contribution in [3.05, 3.63) is 0 Å². The molecule has 0 radical (unpaired) electrons. The third-order valence-electron chi connectivity index (χ3n) is 5.55. The van der Waals surface area contributed by atoms with Gasteiger partial charge in [-0.25, -0.2) is 0 Å². The van der Waals surface area contributed by atoms with Crippen molar-refractivity contribution >= 4 is 5.91 Å². The Morgan fingerprint density at radius 2 is 1.65 bits per heavy atom. The van der Waals surface area contributed by atoms with Crippen LogP contribution in [0.25, 0.3) is 0 Å². The van der Waals surface area contributed by atoms with Gasteiger partial charge in [0, 0.05) is 12.1 Å². The molecule has 20 heavy (non-hydrogen) atoms. The molecule has 2 aliphatic carbocycles. The second kappa shape index (κ2) is 6.46. The summed E-state index contributed by atoms with van der Waals surface area (Å²) in [7, 11) is 0. The van der Waals surface area contributed by atoms with Crippen LogP contribution in [0, 0.1) is 11.3 Å². The molecule has 0 aromatic heterocycles. The van der Waals surface area contributed by atoms with Gasteiger partial charge in [0.1, 0.15) is 0 Å². The van der Waals surface area contributed by atoms with Crippen LogP contribution in [0.4, 0.5) is 0 Å². The Labute approximate surface area is 124 Å². The molecular weight excluding hydrogens is 248 g/mol. The summed E-state index contributed by atoms with van der Waals surface area (Å²) in [5, 5.41) is 6.61. The van der Waals surface area contributed by atoms with Gasteiger partial charge in [0.2, 0.25) is 5.91 Å². The Hall–Kier alpha value is -0.570. The number of rotatable bonds is 6. The molecule has 0 heterocycles. The van der Waals surface area contributed by atoms with Crippen LogP contribution in [0.2, 0.25) is 0 Å². The molecular formula is C17H32N2O. The predicted molar refractivity (Wildman–Crippen MR) is 83.6 cm³/mol. The lowest BCUT2D eigenvalue weighted by Gasteiger charge is -2.39. The molecule has 0 spiro atoms. The molecule has 0 bridgehead atoms. The summed E-state index contributed by atoms with van der Waals surface area (Å²) >= 11 is 0. The fourth-order valence-electron chi connectivity index (χ4n) is 3.31. The predicted octanol–water partition coefficient (Wildman–Crippen LogP) is 3.24. The topological polar surface area (TPSA) is 41.1 Å². The molecule has 2 saturated carbocycles. The molecule has 1 unspecified atom stereocenters. The maximum absolute atomic E-state index is 12.0. The zero-order chi connectivity index (χ0) is 14.8. The summed E-state index contributed by atoms with van der Waals surface area (Å²) in [5.74, 6) is 1.03. The van der Waals surface area contributed by atoms with Crippen LogP contribution in [0.3, 0.4) is 0 Å². The molecule has 1 atom stereocenters. The van der Waals surface area contributed by atoms with Crippen LogP contribution in [-0.2, 0) is 4.79 Å². The Balaban J connectivity index is 1.72. The molecule has 2 N–H and O–H groups in total. The number of hydrogen-bond donors (Lipinski definition) is 2. The van der Waals surface area contributed by atoms with E-state index in [0.717, 1.165) is 18.8 Å². The molecule has 116 valence electrons. The molecule has 2 fully saturated rings. The second-order valence-electron chi connectivity index (χ2n) is 7.56. The first-order chi connectivity index (χ1) is 9.42. The van der Waals surface area contributed by atoms with Gasteiger partial charge in [-0.3, -0.25) is 4.79 Å². The van der Waals surface area contributed by atoms with Crippen LogP contribution in [0.1, 0.15) is 72.6 Å². The third-order valence-corrected chi connectivity index (χ3v) is 5.55. The van der Waals surface area contributed by atoms with E-state index in [1.54, 1.807) is 0 Å². The van der Waals surface area contributed by atoms with Gasteiger partial charge in [-0.2, -0.15) is 0 Å². The molecule has 0 aliphatic heterocycles. The van der Waals surface area contributed by atoms with Crippen molar-refractivity contribution in [3.8, 4) is 0 Å². The molecule has 0 aromatic rings. The summed E-state index contributed by atoms with van der Waals surface area (Å²) in [5.41, 5.74) is 0.472. The van der Waals surface area contributed by atoms with E-state index in [1.807, 2.05) is 6.92 Å². The van der Waals surface area contributed by atoms with Crippen LogP contribution < -0.4 is 10.6 Å². The van der Waals surface area contributed by atoms with Gasteiger partial charge in [-0.05, 0) is 56.8 Å². The minimum Gasteiger partial charge on any atom is -0.352 e. The second-order valence-corrected chi connectivity index (χ2v) is 7.56. The molecule has 3 heteroatoms. The third kappa shape index (κ3) is 4.21. The number of hydrogen-bond acceptors (Lipinski definition) is 2. The quantitative estimate of drug-likeness (QED) is 0.784. The van der Waals surface area contributed by atoms with Crippen molar-refractivity contribution < 1.29 is 4.79 Å². The maximum Gasteiger partial charge on any atom is 0.237 e. The molecule has 2 rings (SSSR count). The summed E-state index contributed by atoms with van der Waals surface area (Å²) in [6, 6.07) is 0.947. The highest BCUT2D eigenvalue weighted by Crippen LogP contribution is 2.40. The Morgan fingerprint density at radius 1 is 1.10 bits per heavy atom. The van der Waals surface area contributed by atoms with E-state index in [0.29, 0.717) is 17.5 Å². The first-order valence-corrected chi connectivity index (χ1v) is 8.49. The molecule has 0 aromatic carbocycles. The maximum atomic E-state index is 12.0. The fraction of sp³-hybridized carbons (Fsp3) is 0.941. The average molecular weight is 280 g/mol. The standard InChI is InChI=1S/C17H32N2O/c1-5-17(3,4)13-6-8-14(9-7-13)18-12(2)16(20)19-15-10-11-15/h12-15,18H,5-11H2,1-4H3,(H,19,20). The summed E-state index contributed by atoms with van der Waals surface area (Å²) < 4.78 is 0. The van der Waals surface area contributed by atoms with E-state index in [9.17, 15) is 4.79 Å². The average Bonchev–Trinajstić information content (AvgIpc) is 3.23. The minimum atomic E-state index is -0.0451. The van der Waals surface area contributed by atoms with Crippen LogP contribution in [0.15, 0.2) is 0 Å². The first kappa shape index (κ1) is 15.8. The highest BCUT2D eigenvalue weighted by molar-refractivity contribution is 5.81. The summed E-state index contributed by atoms with van der Waals surface area (Å²) in [6.07, 6.45) is 8.62. The van der Waals surface area contributed by atoms with Gasteiger partial charge in [-0.1, -0.05) is 27.2 Å². The van der Waals surface area contributed by atoms with Gasteiger partial charge in [0.15, 0.2) is 0 Å². The van der Waals surface area contributed by atoms with Crippen LogP contribution >= 0.6 is 0 Å². The van der Waals surface area contributed by atoms with Crippen molar-refractivity contribution in [2.75, 3.05) is 0 Å². The Kier molecular flexibility index (Phi) is 5.11. The van der Waals surface area contributed by atoms with Gasteiger partial charge in [0.25, 0.3) is 0 Å². The fourth-order valence-corrected chi connectivity index (χ4v) is 3.31. The van der Waals surface area contributed by atoms with Crippen LogP contribution in [0.5, 0.6) is 0 Å². The van der Waals surface area contributed by atoms with Gasteiger partial charge in [0.05, 0.1) is 6.04 Å². The van der Waals surface area contributed by atoms with E-state index in [-0.39, 0.29) is 11.9 Å². The number of nitrogens with one attached hydrogen (secondary N) is 2. The van der Waals surface area contributed by atoms with Gasteiger partial charge in [-0.15, -0.1) is 0 Å². The van der Waals surface area contributed by atoms with Crippen molar-refractivity contribution in [3.63, 3.8) is 0 Å². The normalized spacial score (nSPS) is 29.0. The molecule has 3 nitrogen and oxygen atoms in total. The lowest BCUT2D eigenvalue weighted by Crippen LogP contribution is -2.48. The highest BCUT2D eigenvalue weighted by atomic mass is 16.2. The first-order valence-electron chi connectivity index (χ1n) is 8.49. The summed E-state index contributed by atoms with van der Waals surface area (Å²) in [4.78, 5) is 12.0. The lowest BCUT2D eigenvalue weighted by atomic mass is 9.69. The summed E-state index contributed by atoms with van der Waals surface area (Å²) in [6.45, 7) is 9.10. The highest BCUT2D eigenvalue weighted by Gasteiger charge is 2.33. The lowest BCUT2D eigenvalue weighted by molar-refractivity contribution is -0.123. The van der Waals surface area contributed by atoms with E-state index >= 15 is 0 Å². The number of amides is 1.